The van der Waals surface area contributed by atoms with Gasteiger partial charge >= 0.3 is 0 Å². The largest absolute Gasteiger partial charge is 0.496 e. The van der Waals surface area contributed by atoms with Crippen LogP contribution in [0.3, 0.4) is 0 Å². The summed E-state index contributed by atoms with van der Waals surface area (Å²) in [7, 11) is 1.64. The summed E-state index contributed by atoms with van der Waals surface area (Å²) in [4.78, 5) is 2.40. The van der Waals surface area contributed by atoms with Gasteiger partial charge in [-0.15, -0.1) is 0 Å². The molecular weight excluding hydrogens is 231 g/mol. The Labute approximate surface area is 108 Å². The maximum absolute atomic E-state index is 13.5. The van der Waals surface area contributed by atoms with Gasteiger partial charge in [0.05, 0.1) is 7.11 Å². The minimum Gasteiger partial charge on any atom is -0.496 e. The van der Waals surface area contributed by atoms with E-state index in [1.54, 1.807) is 19.2 Å². The molecule has 3 nitrogen and oxygen atoms in total. The first-order valence-electron chi connectivity index (χ1n) is 6.54. The monoisotopic (exact) mass is 252 g/mol. The Morgan fingerprint density at radius 2 is 2.11 bits per heavy atom. The van der Waals surface area contributed by atoms with Gasteiger partial charge in [0.15, 0.2) is 0 Å². The zero-order chi connectivity index (χ0) is 13.0. The molecule has 4 heteroatoms. The van der Waals surface area contributed by atoms with Crippen molar-refractivity contribution in [1.82, 2.24) is 10.2 Å². The lowest BCUT2D eigenvalue weighted by molar-refractivity contribution is 0.166. The van der Waals surface area contributed by atoms with Gasteiger partial charge in [0.2, 0.25) is 0 Å². The van der Waals surface area contributed by atoms with E-state index in [0.29, 0.717) is 0 Å². The van der Waals surface area contributed by atoms with Gasteiger partial charge in [0.1, 0.15) is 11.6 Å². The molecule has 0 radical (unpaired) electrons. The van der Waals surface area contributed by atoms with E-state index in [4.69, 9.17) is 4.74 Å². The van der Waals surface area contributed by atoms with E-state index < -0.39 is 0 Å². The van der Waals surface area contributed by atoms with Crippen molar-refractivity contribution in [3.05, 3.63) is 29.6 Å². The first-order chi connectivity index (χ1) is 8.76. The number of piperazine rings is 1. The van der Waals surface area contributed by atoms with Crippen LogP contribution in [0.15, 0.2) is 18.2 Å². The van der Waals surface area contributed by atoms with Crippen LogP contribution in [-0.2, 0) is 0 Å². The second-order valence-corrected chi connectivity index (χ2v) is 4.60. The van der Waals surface area contributed by atoms with E-state index in [9.17, 15) is 4.39 Å². The normalized spacial score (nSPS) is 18.6. The second kappa shape index (κ2) is 6.16. The molecule has 0 saturated carbocycles. The molecule has 0 amide bonds. The Balaban J connectivity index is 2.27. The van der Waals surface area contributed by atoms with Gasteiger partial charge in [0.25, 0.3) is 0 Å². The molecule has 1 unspecified atom stereocenters. The van der Waals surface area contributed by atoms with Crippen LogP contribution < -0.4 is 10.1 Å². The third kappa shape index (κ3) is 2.82. The number of rotatable bonds is 4. The third-order valence-corrected chi connectivity index (χ3v) is 3.53. The summed E-state index contributed by atoms with van der Waals surface area (Å²) in [5.41, 5.74) is 0.960. The van der Waals surface area contributed by atoms with Gasteiger partial charge in [-0.25, -0.2) is 4.39 Å². The standard InChI is InChI=1S/C14H21FN2O/c1-3-13(17-8-6-16-7-9-17)12-10-11(15)4-5-14(12)18-2/h4-5,10,13,16H,3,6-9H2,1-2H3. The molecule has 1 heterocycles. The second-order valence-electron chi connectivity index (χ2n) is 4.60. The molecule has 0 bridgehead atoms. The van der Waals surface area contributed by atoms with Crippen molar-refractivity contribution in [3.8, 4) is 5.75 Å². The number of nitrogens with one attached hydrogen (secondary N) is 1. The first kappa shape index (κ1) is 13.3. The van der Waals surface area contributed by atoms with Crippen molar-refractivity contribution in [2.45, 2.75) is 19.4 Å². The smallest absolute Gasteiger partial charge is 0.123 e. The minimum atomic E-state index is -0.195. The van der Waals surface area contributed by atoms with Crippen LogP contribution in [0.25, 0.3) is 0 Å². The van der Waals surface area contributed by atoms with Gasteiger partial charge in [0, 0.05) is 37.8 Å². The molecule has 18 heavy (non-hydrogen) atoms. The van der Waals surface area contributed by atoms with Crippen molar-refractivity contribution in [1.29, 1.82) is 0 Å². The molecule has 0 aromatic heterocycles. The van der Waals surface area contributed by atoms with Gasteiger partial charge in [-0.3, -0.25) is 4.90 Å². The molecule has 2 rings (SSSR count). The highest BCUT2D eigenvalue weighted by Crippen LogP contribution is 2.32. The Morgan fingerprint density at radius 1 is 1.39 bits per heavy atom. The lowest BCUT2D eigenvalue weighted by atomic mass is 10.0. The number of hydrogen-bond acceptors (Lipinski definition) is 3. The topological polar surface area (TPSA) is 24.5 Å². The van der Waals surface area contributed by atoms with Crippen LogP contribution in [0.2, 0.25) is 0 Å². The van der Waals surface area contributed by atoms with Gasteiger partial charge in [-0.05, 0) is 24.6 Å². The highest BCUT2D eigenvalue weighted by atomic mass is 19.1. The molecule has 0 aliphatic carbocycles. The molecule has 1 saturated heterocycles. The van der Waals surface area contributed by atoms with Crippen LogP contribution in [0, 0.1) is 5.82 Å². The van der Waals surface area contributed by atoms with E-state index in [1.165, 1.54) is 6.07 Å². The summed E-state index contributed by atoms with van der Waals surface area (Å²) in [5.74, 6) is 0.584. The van der Waals surface area contributed by atoms with Crippen molar-refractivity contribution in [2.24, 2.45) is 0 Å². The lowest BCUT2D eigenvalue weighted by Gasteiger charge is -2.35. The van der Waals surface area contributed by atoms with Crippen LogP contribution >= 0.6 is 0 Å². The fourth-order valence-electron chi connectivity index (χ4n) is 2.63. The first-order valence-corrected chi connectivity index (χ1v) is 6.54. The van der Waals surface area contributed by atoms with E-state index in [2.05, 4.69) is 17.1 Å². The molecule has 1 atom stereocenters. The molecule has 100 valence electrons. The Hall–Kier alpha value is -1.13. The summed E-state index contributed by atoms with van der Waals surface area (Å²) in [6.45, 7) is 6.12. The molecule has 0 spiro atoms. The predicted octanol–water partition coefficient (Wildman–Crippen LogP) is 2.19. The minimum absolute atomic E-state index is 0.195. The average Bonchev–Trinajstić information content (AvgIpc) is 2.41. The molecule has 1 aromatic rings. The van der Waals surface area contributed by atoms with Crippen molar-refractivity contribution >= 4 is 0 Å². The number of benzene rings is 1. The van der Waals surface area contributed by atoms with Crippen LogP contribution in [-0.4, -0.2) is 38.2 Å². The number of nitrogens with zero attached hydrogens (tertiary/aromatic N) is 1. The lowest BCUT2D eigenvalue weighted by Crippen LogP contribution is -2.45. The number of halogens is 1. The maximum Gasteiger partial charge on any atom is 0.123 e. The molecule has 1 N–H and O–H groups in total. The van der Waals surface area contributed by atoms with Crippen LogP contribution in [0.1, 0.15) is 24.9 Å². The van der Waals surface area contributed by atoms with E-state index in [-0.39, 0.29) is 11.9 Å². The van der Waals surface area contributed by atoms with Crippen molar-refractivity contribution in [3.63, 3.8) is 0 Å². The van der Waals surface area contributed by atoms with E-state index in [1.807, 2.05) is 0 Å². The highest BCUT2D eigenvalue weighted by molar-refractivity contribution is 5.36. The predicted molar refractivity (Wildman–Crippen MR) is 70.4 cm³/mol. The Kier molecular flexibility index (Phi) is 4.55. The summed E-state index contributed by atoms with van der Waals surface area (Å²) < 4.78 is 18.8. The molecule has 1 aliphatic rings. The van der Waals surface area contributed by atoms with Crippen LogP contribution in [0.5, 0.6) is 5.75 Å². The molecule has 1 fully saturated rings. The fraction of sp³-hybridized carbons (Fsp3) is 0.571. The molecular formula is C14H21FN2O. The van der Waals surface area contributed by atoms with E-state index >= 15 is 0 Å². The van der Waals surface area contributed by atoms with Crippen molar-refractivity contribution < 1.29 is 9.13 Å². The number of hydrogen-bond donors (Lipinski definition) is 1. The zero-order valence-electron chi connectivity index (χ0n) is 11.1. The van der Waals surface area contributed by atoms with Crippen molar-refractivity contribution in [2.75, 3.05) is 33.3 Å². The van der Waals surface area contributed by atoms with Gasteiger partial charge < -0.3 is 10.1 Å². The van der Waals surface area contributed by atoms with Gasteiger partial charge in [-0.1, -0.05) is 6.92 Å². The number of ether oxygens (including phenoxy) is 1. The zero-order valence-corrected chi connectivity index (χ0v) is 11.1. The average molecular weight is 252 g/mol. The SMILES string of the molecule is CCC(c1cc(F)ccc1OC)N1CCNCC1. The van der Waals surface area contributed by atoms with E-state index in [0.717, 1.165) is 43.9 Å². The summed E-state index contributed by atoms with van der Waals surface area (Å²) >= 11 is 0. The summed E-state index contributed by atoms with van der Waals surface area (Å²) in [6, 6.07) is 5.01. The van der Waals surface area contributed by atoms with Gasteiger partial charge in [-0.2, -0.15) is 0 Å². The number of methoxy groups -OCH3 is 1. The molecule has 1 aliphatic heterocycles. The summed E-state index contributed by atoms with van der Waals surface area (Å²) in [6.07, 6.45) is 0.958. The summed E-state index contributed by atoms with van der Waals surface area (Å²) in [5, 5.41) is 3.34. The Bertz CT molecular complexity index is 391. The third-order valence-electron chi connectivity index (χ3n) is 3.53. The maximum atomic E-state index is 13.5. The highest BCUT2D eigenvalue weighted by Gasteiger charge is 2.23. The quantitative estimate of drug-likeness (QED) is 0.889. The van der Waals surface area contributed by atoms with Crippen LogP contribution in [0.4, 0.5) is 4.39 Å². The fourth-order valence-corrected chi connectivity index (χ4v) is 2.63. The Morgan fingerprint density at radius 3 is 2.72 bits per heavy atom. The molecule has 1 aromatic carbocycles.